The van der Waals surface area contributed by atoms with Gasteiger partial charge >= 0.3 is 12.2 Å². The summed E-state index contributed by atoms with van der Waals surface area (Å²) >= 11 is 0. The molecule has 0 saturated carbocycles. The summed E-state index contributed by atoms with van der Waals surface area (Å²) in [5.74, 6) is -0.453. The number of rotatable bonds is 3. The van der Waals surface area contributed by atoms with Crippen molar-refractivity contribution in [1.82, 2.24) is 14.9 Å². The summed E-state index contributed by atoms with van der Waals surface area (Å²) in [7, 11) is 2.87. The van der Waals surface area contributed by atoms with E-state index in [0.29, 0.717) is 0 Å². The molecule has 0 radical (unpaired) electrons. The van der Waals surface area contributed by atoms with Gasteiger partial charge in [-0.1, -0.05) is 0 Å². The van der Waals surface area contributed by atoms with E-state index in [1.807, 2.05) is 0 Å². The van der Waals surface area contributed by atoms with Gasteiger partial charge in [-0.15, -0.1) is 0 Å². The quantitative estimate of drug-likeness (QED) is 0.504. The Morgan fingerprint density at radius 3 is 1.46 bits per heavy atom. The molecule has 2 atom stereocenters. The van der Waals surface area contributed by atoms with Crippen LogP contribution in [0.2, 0.25) is 0 Å². The number of likely N-dealkylation sites (N-methyl/N-ethyl adjacent to an activating group) is 1. The molecule has 2 aliphatic rings. The van der Waals surface area contributed by atoms with Gasteiger partial charge in [-0.25, -0.2) is 14.7 Å². The highest BCUT2D eigenvalue weighted by Gasteiger charge is 2.50. The summed E-state index contributed by atoms with van der Waals surface area (Å²) in [5.41, 5.74) is -2.94. The summed E-state index contributed by atoms with van der Waals surface area (Å²) < 4.78 is 21.6. The normalized spacial score (nSPS) is 22.6. The summed E-state index contributed by atoms with van der Waals surface area (Å²) in [4.78, 5) is 55.6. The highest BCUT2D eigenvalue weighted by Crippen LogP contribution is 2.31. The third-order valence-electron chi connectivity index (χ3n) is 5.49. The lowest BCUT2D eigenvalue weighted by Crippen LogP contribution is -2.54. The molecule has 0 bridgehead atoms. The molecular formula is C25H45N3O9. The molecule has 3 amide bonds. The first-order chi connectivity index (χ1) is 16.5. The molecule has 0 aliphatic carbocycles. The zero-order valence-corrected chi connectivity index (χ0v) is 24.6. The maximum absolute atomic E-state index is 12.3. The number of carbonyl (C=O) groups excluding carboxylic acids is 4. The number of nitrogens with zero attached hydrogens (tertiary/aromatic N) is 3. The van der Waals surface area contributed by atoms with Gasteiger partial charge in [-0.3, -0.25) is 24.2 Å². The zero-order chi connectivity index (χ0) is 29.1. The molecule has 2 aliphatic heterocycles. The van der Waals surface area contributed by atoms with E-state index in [1.54, 1.807) is 69.2 Å². The molecule has 2 rings (SSSR count). The van der Waals surface area contributed by atoms with Crippen LogP contribution in [0.4, 0.5) is 9.59 Å². The topological polar surface area (TPSA) is 124 Å². The largest absolute Gasteiger partial charge is 0.444 e. The smallest absolute Gasteiger partial charge is 0.413 e. The van der Waals surface area contributed by atoms with E-state index < -0.39 is 46.9 Å². The Hall–Kier alpha value is -2.44. The summed E-state index contributed by atoms with van der Waals surface area (Å²) in [6.07, 6.45) is -1.09. The van der Waals surface area contributed by atoms with Crippen LogP contribution in [0.25, 0.3) is 0 Å². The molecule has 0 N–H and O–H groups in total. The molecule has 0 aromatic rings. The van der Waals surface area contributed by atoms with E-state index in [-0.39, 0.29) is 24.9 Å². The van der Waals surface area contributed by atoms with Gasteiger partial charge in [0.15, 0.2) is 5.78 Å². The minimum atomic E-state index is -0.906. The van der Waals surface area contributed by atoms with Gasteiger partial charge in [-0.2, -0.15) is 0 Å². The standard InChI is InChI=1S/C13H24N2O5.C12H21NO4/c1-12(2,3)20-11(17)15-9(8-19-13(15,4)5)10(16)14(6)18-7;1-8(14)9-7-16-12(5,6)13(9)10(15)17-11(2,3)4/h9H,8H2,1-7H3;9H,7H2,1-6H3/t2*9-/m11/s1. The van der Waals surface area contributed by atoms with E-state index in [2.05, 4.69) is 0 Å². The highest BCUT2D eigenvalue weighted by molar-refractivity contribution is 5.87. The van der Waals surface area contributed by atoms with Crippen molar-refractivity contribution in [2.45, 2.75) is 111 Å². The Morgan fingerprint density at radius 2 is 1.14 bits per heavy atom. The van der Waals surface area contributed by atoms with Crippen LogP contribution in [-0.2, 0) is 33.4 Å². The predicted octanol–water partition coefficient (Wildman–Crippen LogP) is 3.33. The van der Waals surface area contributed by atoms with Crippen LogP contribution in [0, 0.1) is 0 Å². The molecule has 0 aromatic carbocycles. The molecule has 2 saturated heterocycles. The van der Waals surface area contributed by atoms with E-state index in [9.17, 15) is 19.2 Å². The van der Waals surface area contributed by atoms with Gasteiger partial charge in [0.1, 0.15) is 34.7 Å². The van der Waals surface area contributed by atoms with Crippen LogP contribution in [0.1, 0.15) is 76.2 Å². The average molecular weight is 532 g/mol. The van der Waals surface area contributed by atoms with Crippen LogP contribution >= 0.6 is 0 Å². The predicted molar refractivity (Wildman–Crippen MR) is 134 cm³/mol. The first-order valence-corrected chi connectivity index (χ1v) is 12.2. The number of ketones is 1. The van der Waals surface area contributed by atoms with Crippen molar-refractivity contribution in [3.05, 3.63) is 0 Å². The second-order valence-corrected chi connectivity index (χ2v) is 11.9. The molecule has 2 heterocycles. The first-order valence-electron chi connectivity index (χ1n) is 12.2. The van der Waals surface area contributed by atoms with Crippen LogP contribution in [0.15, 0.2) is 0 Å². The van der Waals surface area contributed by atoms with Crippen LogP contribution in [-0.4, -0.2) is 101 Å². The third-order valence-corrected chi connectivity index (χ3v) is 5.49. The number of hydroxylamine groups is 2. The van der Waals surface area contributed by atoms with Crippen molar-refractivity contribution in [2.24, 2.45) is 0 Å². The molecule has 2 fully saturated rings. The summed E-state index contributed by atoms with van der Waals surface area (Å²) in [6, 6.07) is -1.32. The Bertz CT molecular complexity index is 858. The number of ether oxygens (including phenoxy) is 4. The summed E-state index contributed by atoms with van der Waals surface area (Å²) in [6.45, 7) is 19.4. The average Bonchev–Trinajstić information content (AvgIpc) is 3.19. The van der Waals surface area contributed by atoms with E-state index in [1.165, 1.54) is 30.9 Å². The second kappa shape index (κ2) is 11.5. The lowest BCUT2D eigenvalue weighted by molar-refractivity contribution is -0.174. The molecule has 37 heavy (non-hydrogen) atoms. The maximum atomic E-state index is 12.3. The number of carbonyl (C=O) groups is 4. The van der Waals surface area contributed by atoms with Gasteiger partial charge in [0.25, 0.3) is 5.91 Å². The number of hydrogen-bond donors (Lipinski definition) is 0. The van der Waals surface area contributed by atoms with Gasteiger partial charge < -0.3 is 18.9 Å². The fraction of sp³-hybridized carbons (Fsp3) is 0.840. The fourth-order valence-electron chi connectivity index (χ4n) is 3.70. The Kier molecular flexibility index (Phi) is 10.2. The molecule has 214 valence electrons. The molecule has 0 unspecified atom stereocenters. The lowest BCUT2D eigenvalue weighted by Gasteiger charge is -2.35. The highest BCUT2D eigenvalue weighted by atomic mass is 16.7. The minimum absolute atomic E-state index is 0.0959. The van der Waals surface area contributed by atoms with Crippen molar-refractivity contribution in [2.75, 3.05) is 27.4 Å². The fourth-order valence-corrected chi connectivity index (χ4v) is 3.70. The number of amides is 3. The number of Topliss-reactive ketones (excluding diaryl/α,β-unsaturated/α-hetero) is 1. The van der Waals surface area contributed by atoms with Crippen LogP contribution < -0.4 is 0 Å². The third kappa shape index (κ3) is 8.82. The van der Waals surface area contributed by atoms with Gasteiger partial charge in [0.05, 0.1) is 20.3 Å². The SMILES string of the molecule is CC(=O)[C@H]1COC(C)(C)N1C(=O)OC(C)(C)C.CON(C)C(=O)[C@H]1COC(C)(C)N1C(=O)OC(C)(C)C. The van der Waals surface area contributed by atoms with Crippen LogP contribution in [0.5, 0.6) is 0 Å². The Labute approximate surface area is 220 Å². The van der Waals surface area contributed by atoms with Gasteiger partial charge in [0, 0.05) is 7.05 Å². The van der Waals surface area contributed by atoms with Crippen molar-refractivity contribution < 1.29 is 43.0 Å². The summed E-state index contributed by atoms with van der Waals surface area (Å²) in [5, 5.41) is 1.08. The lowest BCUT2D eigenvalue weighted by atomic mass is 10.1. The molecular weight excluding hydrogens is 486 g/mol. The van der Waals surface area contributed by atoms with Crippen molar-refractivity contribution in [3.8, 4) is 0 Å². The first kappa shape index (κ1) is 32.6. The molecule has 0 spiro atoms. The van der Waals surface area contributed by atoms with Crippen molar-refractivity contribution >= 4 is 23.9 Å². The van der Waals surface area contributed by atoms with E-state index in [4.69, 9.17) is 23.8 Å². The molecule has 0 aromatic heterocycles. The number of hydrogen-bond acceptors (Lipinski definition) is 9. The van der Waals surface area contributed by atoms with Gasteiger partial charge in [0.2, 0.25) is 0 Å². The monoisotopic (exact) mass is 531 g/mol. The minimum Gasteiger partial charge on any atom is -0.444 e. The van der Waals surface area contributed by atoms with E-state index in [0.717, 1.165) is 5.06 Å². The van der Waals surface area contributed by atoms with E-state index >= 15 is 0 Å². The van der Waals surface area contributed by atoms with Crippen LogP contribution in [0.3, 0.4) is 0 Å². The second-order valence-electron chi connectivity index (χ2n) is 11.9. The Morgan fingerprint density at radius 1 is 0.784 bits per heavy atom. The molecule has 12 nitrogen and oxygen atoms in total. The zero-order valence-electron chi connectivity index (χ0n) is 24.6. The van der Waals surface area contributed by atoms with Crippen molar-refractivity contribution in [1.29, 1.82) is 0 Å². The molecule has 12 heteroatoms. The van der Waals surface area contributed by atoms with Crippen molar-refractivity contribution in [3.63, 3.8) is 0 Å². The maximum Gasteiger partial charge on any atom is 0.413 e. The Balaban J connectivity index is 0.000000375. The van der Waals surface area contributed by atoms with Gasteiger partial charge in [-0.05, 0) is 76.2 Å².